The first-order valence-corrected chi connectivity index (χ1v) is 8.59. The second-order valence-corrected chi connectivity index (χ2v) is 8.75. The molecule has 0 radical (unpaired) electrons. The molecule has 2 rings (SSSR count). The van der Waals surface area contributed by atoms with Crippen LogP contribution < -0.4 is 0 Å². The summed E-state index contributed by atoms with van der Waals surface area (Å²) >= 11 is 5.09. The van der Waals surface area contributed by atoms with Crippen LogP contribution in [0.3, 0.4) is 0 Å². The minimum Gasteiger partial charge on any atom is -0.298 e. The molecule has 2 heterocycles. The van der Waals surface area contributed by atoms with Gasteiger partial charge in [0.15, 0.2) is 9.84 Å². The third-order valence-electron chi connectivity index (χ3n) is 2.89. The normalized spacial score (nSPS) is 24.1. The number of hydrogen-bond donors (Lipinski definition) is 0. The van der Waals surface area contributed by atoms with Crippen LogP contribution in [-0.2, 0) is 16.4 Å². The Morgan fingerprint density at radius 1 is 1.62 bits per heavy atom. The lowest BCUT2D eigenvalue weighted by molar-refractivity contribution is 0.254. The largest absolute Gasteiger partial charge is 0.298 e. The molecule has 0 spiro atoms. The number of rotatable bonds is 3. The van der Waals surface area contributed by atoms with Gasteiger partial charge in [0.05, 0.1) is 15.3 Å². The quantitative estimate of drug-likeness (QED) is 0.855. The van der Waals surface area contributed by atoms with Crippen molar-refractivity contribution in [3.05, 3.63) is 20.8 Å². The van der Waals surface area contributed by atoms with Crippen molar-refractivity contribution in [3.63, 3.8) is 0 Å². The van der Waals surface area contributed by atoms with Gasteiger partial charge in [-0.1, -0.05) is 0 Å². The molecule has 0 unspecified atom stereocenters. The smallest absolute Gasteiger partial charge is 0.151 e. The van der Waals surface area contributed by atoms with E-state index >= 15 is 0 Å². The Bertz CT molecular complexity index is 469. The van der Waals surface area contributed by atoms with Gasteiger partial charge in [0.25, 0.3) is 0 Å². The lowest BCUT2D eigenvalue weighted by atomic mass is 10.2. The Morgan fingerprint density at radius 3 is 2.88 bits per heavy atom. The maximum absolute atomic E-state index is 11.4. The Labute approximate surface area is 109 Å². The van der Waals surface area contributed by atoms with Crippen LogP contribution in [0.2, 0.25) is 0 Å². The standard InChI is InChI=1S/C10H14BrNO2S2/c1-12(5-8-4-10(11)15-6-8)9-2-3-16(13,14)7-9/h4,6,9H,2-3,5,7H2,1H3/t9-/m1/s1. The van der Waals surface area contributed by atoms with E-state index in [2.05, 4.69) is 32.3 Å². The Kier molecular flexibility index (Phi) is 3.73. The van der Waals surface area contributed by atoms with Crippen LogP contribution >= 0.6 is 27.3 Å². The van der Waals surface area contributed by atoms with Crippen molar-refractivity contribution in [2.45, 2.75) is 19.0 Å². The average Bonchev–Trinajstić information content (AvgIpc) is 2.72. The zero-order chi connectivity index (χ0) is 11.8. The number of sulfone groups is 1. The number of thiophene rings is 1. The number of halogens is 1. The molecule has 0 bridgehead atoms. The van der Waals surface area contributed by atoms with E-state index in [9.17, 15) is 8.42 Å². The summed E-state index contributed by atoms with van der Waals surface area (Å²) < 4.78 is 23.9. The highest BCUT2D eigenvalue weighted by atomic mass is 79.9. The van der Waals surface area contributed by atoms with Gasteiger partial charge >= 0.3 is 0 Å². The fraction of sp³-hybridized carbons (Fsp3) is 0.600. The first-order valence-electron chi connectivity index (χ1n) is 5.10. The maximum Gasteiger partial charge on any atom is 0.151 e. The molecule has 0 aromatic carbocycles. The van der Waals surface area contributed by atoms with Gasteiger partial charge in [-0.15, -0.1) is 11.3 Å². The summed E-state index contributed by atoms with van der Waals surface area (Å²) in [5.41, 5.74) is 1.24. The molecule has 1 aromatic rings. The molecule has 0 saturated carbocycles. The molecular formula is C10H14BrNO2S2. The molecule has 90 valence electrons. The van der Waals surface area contributed by atoms with Crippen LogP contribution in [0, 0.1) is 0 Å². The van der Waals surface area contributed by atoms with Crippen molar-refractivity contribution in [2.24, 2.45) is 0 Å². The molecule has 0 N–H and O–H groups in total. The van der Waals surface area contributed by atoms with Gasteiger partial charge in [-0.25, -0.2) is 8.42 Å². The highest BCUT2D eigenvalue weighted by Crippen LogP contribution is 2.23. The summed E-state index contributed by atoms with van der Waals surface area (Å²) in [5.74, 6) is 0.657. The molecule has 1 saturated heterocycles. The van der Waals surface area contributed by atoms with Crippen LogP contribution in [0.15, 0.2) is 15.2 Å². The fourth-order valence-electron chi connectivity index (χ4n) is 1.97. The molecule has 0 amide bonds. The molecule has 1 aliphatic heterocycles. The zero-order valence-corrected chi connectivity index (χ0v) is 12.2. The predicted molar refractivity (Wildman–Crippen MR) is 70.5 cm³/mol. The summed E-state index contributed by atoms with van der Waals surface area (Å²) in [5, 5.41) is 2.10. The molecule has 0 aliphatic carbocycles. The number of hydrogen-bond acceptors (Lipinski definition) is 4. The van der Waals surface area contributed by atoms with Gasteiger partial charge < -0.3 is 0 Å². The molecule has 6 heteroatoms. The summed E-state index contributed by atoms with van der Waals surface area (Å²) in [6, 6.07) is 2.27. The van der Waals surface area contributed by atoms with Crippen molar-refractivity contribution in [2.75, 3.05) is 18.6 Å². The third kappa shape index (κ3) is 3.06. The van der Waals surface area contributed by atoms with Crippen molar-refractivity contribution < 1.29 is 8.42 Å². The molecule has 16 heavy (non-hydrogen) atoms. The van der Waals surface area contributed by atoms with Crippen LogP contribution in [0.1, 0.15) is 12.0 Å². The van der Waals surface area contributed by atoms with E-state index in [0.717, 1.165) is 16.8 Å². The molecular weight excluding hydrogens is 310 g/mol. The van der Waals surface area contributed by atoms with E-state index in [1.807, 2.05) is 7.05 Å². The Hall–Kier alpha value is 0.0900. The first kappa shape index (κ1) is 12.5. The topological polar surface area (TPSA) is 37.4 Å². The van der Waals surface area contributed by atoms with E-state index in [-0.39, 0.29) is 6.04 Å². The summed E-state index contributed by atoms with van der Waals surface area (Å²) in [7, 11) is -0.779. The zero-order valence-electron chi connectivity index (χ0n) is 9.02. The minimum atomic E-state index is -2.78. The van der Waals surface area contributed by atoms with Gasteiger partial charge in [0.2, 0.25) is 0 Å². The summed E-state index contributed by atoms with van der Waals surface area (Å²) in [6.45, 7) is 0.822. The van der Waals surface area contributed by atoms with Gasteiger partial charge in [-0.2, -0.15) is 0 Å². The lowest BCUT2D eigenvalue weighted by Crippen LogP contribution is -2.31. The summed E-state index contributed by atoms with van der Waals surface area (Å²) in [6.07, 6.45) is 0.768. The van der Waals surface area contributed by atoms with E-state index < -0.39 is 9.84 Å². The van der Waals surface area contributed by atoms with Gasteiger partial charge in [0.1, 0.15) is 0 Å². The van der Waals surface area contributed by atoms with Crippen molar-refractivity contribution >= 4 is 37.1 Å². The highest BCUT2D eigenvalue weighted by molar-refractivity contribution is 9.11. The fourth-order valence-corrected chi connectivity index (χ4v) is 4.97. The van der Waals surface area contributed by atoms with Crippen molar-refractivity contribution in [1.29, 1.82) is 0 Å². The van der Waals surface area contributed by atoms with Crippen LogP contribution in [0.4, 0.5) is 0 Å². The molecule has 3 nitrogen and oxygen atoms in total. The van der Waals surface area contributed by atoms with Crippen molar-refractivity contribution in [1.82, 2.24) is 4.90 Å². The van der Waals surface area contributed by atoms with Crippen LogP contribution in [0.5, 0.6) is 0 Å². The molecule has 1 aliphatic rings. The predicted octanol–water partition coefficient (Wildman–Crippen LogP) is 2.13. The Morgan fingerprint density at radius 2 is 2.38 bits per heavy atom. The molecule has 1 aromatic heterocycles. The van der Waals surface area contributed by atoms with E-state index in [0.29, 0.717) is 11.5 Å². The highest BCUT2D eigenvalue weighted by Gasteiger charge is 2.30. The van der Waals surface area contributed by atoms with E-state index in [1.165, 1.54) is 5.56 Å². The SMILES string of the molecule is CN(Cc1csc(Br)c1)[C@@H]1CCS(=O)(=O)C1. The van der Waals surface area contributed by atoms with E-state index in [4.69, 9.17) is 0 Å². The first-order chi connectivity index (χ1) is 7.46. The van der Waals surface area contributed by atoms with Gasteiger partial charge in [-0.05, 0) is 46.4 Å². The second-order valence-electron chi connectivity index (χ2n) is 4.23. The molecule has 1 atom stereocenters. The van der Waals surface area contributed by atoms with Crippen LogP contribution in [-0.4, -0.2) is 37.9 Å². The minimum absolute atomic E-state index is 0.184. The average molecular weight is 324 g/mol. The Balaban J connectivity index is 1.96. The van der Waals surface area contributed by atoms with Gasteiger partial charge in [0, 0.05) is 12.6 Å². The summed E-state index contributed by atoms with van der Waals surface area (Å²) in [4.78, 5) is 2.14. The van der Waals surface area contributed by atoms with Crippen LogP contribution in [0.25, 0.3) is 0 Å². The van der Waals surface area contributed by atoms with Crippen molar-refractivity contribution in [3.8, 4) is 0 Å². The van der Waals surface area contributed by atoms with Gasteiger partial charge in [-0.3, -0.25) is 4.90 Å². The second kappa shape index (κ2) is 4.76. The number of nitrogens with zero attached hydrogens (tertiary/aromatic N) is 1. The molecule has 1 fully saturated rings. The third-order valence-corrected chi connectivity index (χ3v) is 6.19. The lowest BCUT2D eigenvalue weighted by Gasteiger charge is -2.22. The maximum atomic E-state index is 11.4. The monoisotopic (exact) mass is 323 g/mol. The van der Waals surface area contributed by atoms with E-state index in [1.54, 1.807) is 11.3 Å².